The fourth-order valence-electron chi connectivity index (χ4n) is 9.23. The number of anilines is 3. The molecule has 1 aliphatic rings. The molecule has 0 fully saturated rings. The summed E-state index contributed by atoms with van der Waals surface area (Å²) < 4.78 is 7.06. The van der Waals surface area contributed by atoms with Gasteiger partial charge in [-0.25, -0.2) is 0 Å². The molecule has 9 aromatic carbocycles. The van der Waals surface area contributed by atoms with E-state index in [9.17, 15) is 0 Å². The van der Waals surface area contributed by atoms with Gasteiger partial charge in [-0.1, -0.05) is 158 Å². The second-order valence-electron chi connectivity index (χ2n) is 14.6. The highest BCUT2D eigenvalue weighted by Gasteiger charge is 2.45. The van der Waals surface area contributed by atoms with Gasteiger partial charge < -0.3 is 9.32 Å². The van der Waals surface area contributed by atoms with Crippen LogP contribution in [0.3, 0.4) is 0 Å². The number of hydrogen-bond acceptors (Lipinski definition) is 2. The Morgan fingerprint density at radius 1 is 0.426 bits per heavy atom. The van der Waals surface area contributed by atoms with E-state index < -0.39 is 5.41 Å². The van der Waals surface area contributed by atoms with Crippen LogP contribution in [0, 0.1) is 0 Å². The van der Waals surface area contributed by atoms with Crippen LogP contribution in [0.15, 0.2) is 199 Å². The van der Waals surface area contributed by atoms with Crippen LogP contribution in [0.1, 0.15) is 23.6 Å². The summed E-state index contributed by atoms with van der Waals surface area (Å²) in [5.41, 5.74) is 13.2. The van der Waals surface area contributed by atoms with E-state index in [0.717, 1.165) is 44.6 Å². The second kappa shape index (κ2) is 11.8. The first-order chi connectivity index (χ1) is 26.7. The Hall–Kier alpha value is -6.90. The van der Waals surface area contributed by atoms with Crippen molar-refractivity contribution >= 4 is 60.5 Å². The van der Waals surface area contributed by atoms with Crippen molar-refractivity contribution in [3.05, 3.63) is 211 Å². The van der Waals surface area contributed by atoms with Crippen LogP contribution in [0.4, 0.5) is 17.1 Å². The van der Waals surface area contributed by atoms with Gasteiger partial charge in [0.05, 0.1) is 11.4 Å². The maximum atomic E-state index is 7.06. The zero-order valence-corrected chi connectivity index (χ0v) is 29.8. The molecule has 0 unspecified atom stereocenters. The zero-order chi connectivity index (χ0) is 35.8. The van der Waals surface area contributed by atoms with Gasteiger partial charge in [0.2, 0.25) is 0 Å². The molecule has 11 rings (SSSR count). The van der Waals surface area contributed by atoms with Crippen molar-refractivity contribution in [2.75, 3.05) is 4.90 Å². The van der Waals surface area contributed by atoms with Crippen LogP contribution < -0.4 is 4.90 Å². The molecule has 2 nitrogen and oxygen atoms in total. The Balaban J connectivity index is 1.29. The Morgan fingerprint density at radius 2 is 1.00 bits per heavy atom. The first kappa shape index (κ1) is 30.7. The van der Waals surface area contributed by atoms with Crippen LogP contribution in [0.25, 0.3) is 65.7 Å². The molecule has 0 saturated carbocycles. The quantitative estimate of drug-likeness (QED) is 0.167. The third-order valence-corrected chi connectivity index (χ3v) is 11.7. The molecule has 0 saturated heterocycles. The maximum Gasteiger partial charge on any atom is 0.141 e. The lowest BCUT2D eigenvalue weighted by molar-refractivity contribution is 0.638. The van der Waals surface area contributed by atoms with E-state index in [1.165, 1.54) is 54.9 Å². The van der Waals surface area contributed by atoms with Gasteiger partial charge in [0.15, 0.2) is 0 Å². The van der Waals surface area contributed by atoms with Crippen LogP contribution in [-0.4, -0.2) is 0 Å². The molecule has 1 aliphatic carbocycles. The van der Waals surface area contributed by atoms with E-state index >= 15 is 0 Å². The number of rotatable bonds is 5. The summed E-state index contributed by atoms with van der Waals surface area (Å²) in [7, 11) is 0. The third-order valence-electron chi connectivity index (χ3n) is 11.7. The van der Waals surface area contributed by atoms with Gasteiger partial charge in [-0.2, -0.15) is 0 Å². The van der Waals surface area contributed by atoms with E-state index in [1.54, 1.807) is 0 Å². The summed E-state index contributed by atoms with van der Waals surface area (Å²) in [4.78, 5) is 2.49. The lowest BCUT2D eigenvalue weighted by atomic mass is 9.72. The van der Waals surface area contributed by atoms with Crippen LogP contribution in [0.5, 0.6) is 0 Å². The molecular formula is C52H35NO. The van der Waals surface area contributed by atoms with E-state index in [0.29, 0.717) is 0 Å². The van der Waals surface area contributed by atoms with Gasteiger partial charge in [0.25, 0.3) is 0 Å². The highest BCUT2D eigenvalue weighted by molar-refractivity contribution is 6.16. The monoisotopic (exact) mass is 689 g/mol. The Kier molecular flexibility index (Phi) is 6.72. The average Bonchev–Trinajstić information content (AvgIpc) is 3.74. The van der Waals surface area contributed by atoms with Crippen molar-refractivity contribution in [3.8, 4) is 22.3 Å². The summed E-state index contributed by atoms with van der Waals surface area (Å²) >= 11 is 0. The van der Waals surface area contributed by atoms with E-state index in [2.05, 4.69) is 206 Å². The van der Waals surface area contributed by atoms with Crippen molar-refractivity contribution < 1.29 is 4.42 Å². The van der Waals surface area contributed by atoms with Gasteiger partial charge in [-0.3, -0.25) is 0 Å². The normalized spacial score (nSPS) is 13.1. The maximum absolute atomic E-state index is 7.06. The summed E-state index contributed by atoms with van der Waals surface area (Å²) in [5, 5.41) is 7.11. The molecule has 10 aromatic rings. The molecule has 0 radical (unpaired) electrons. The predicted octanol–water partition coefficient (Wildman–Crippen LogP) is 14.4. The molecule has 2 heteroatoms. The molecule has 254 valence electrons. The standard InChI is InChI=1S/C52H35NO/c1-52(45-24-12-9-20-40(45)41-21-10-13-25-46(41)52)50-47(32-31-44-43-23-11-14-26-49(43)54-51(44)50)53(37-29-27-35(28-30-37)34-15-3-2-4-16-34)48-33-36-17-5-6-18-38(36)39-19-7-8-22-42(39)48/h2-33H,1H3. The van der Waals surface area contributed by atoms with Crippen LogP contribution >= 0.6 is 0 Å². The number of hydrogen-bond donors (Lipinski definition) is 0. The molecule has 54 heavy (non-hydrogen) atoms. The lowest BCUT2D eigenvalue weighted by Gasteiger charge is -2.36. The van der Waals surface area contributed by atoms with Crippen molar-refractivity contribution in [2.45, 2.75) is 12.3 Å². The summed E-state index contributed by atoms with van der Waals surface area (Å²) in [5.74, 6) is 0. The first-order valence-electron chi connectivity index (χ1n) is 18.7. The van der Waals surface area contributed by atoms with E-state index in [-0.39, 0.29) is 0 Å². The summed E-state index contributed by atoms with van der Waals surface area (Å²) in [6.07, 6.45) is 0. The summed E-state index contributed by atoms with van der Waals surface area (Å²) in [6.45, 7) is 2.40. The fraction of sp³-hybridized carbons (Fsp3) is 0.0385. The number of nitrogens with zero attached hydrogens (tertiary/aromatic N) is 1. The van der Waals surface area contributed by atoms with Gasteiger partial charge in [0, 0.05) is 32.8 Å². The molecule has 0 atom stereocenters. The SMILES string of the molecule is CC1(c2c(N(c3ccc(-c4ccccc4)cc3)c3cc4ccccc4c4ccccc34)ccc3c2oc2ccccc23)c2ccccc2-c2ccccc21. The van der Waals surface area contributed by atoms with Gasteiger partial charge >= 0.3 is 0 Å². The fourth-order valence-corrected chi connectivity index (χ4v) is 9.23. The third kappa shape index (κ3) is 4.41. The number of fused-ring (bicyclic) bond motifs is 9. The lowest BCUT2D eigenvalue weighted by Crippen LogP contribution is -2.26. The molecule has 1 heterocycles. The number of benzene rings is 9. The van der Waals surface area contributed by atoms with Gasteiger partial charge in [-0.05, 0) is 92.9 Å². The molecule has 1 aromatic heterocycles. The van der Waals surface area contributed by atoms with Crippen LogP contribution in [-0.2, 0) is 5.41 Å². The Labute approximate surface area is 314 Å². The van der Waals surface area contributed by atoms with Crippen molar-refractivity contribution in [2.24, 2.45) is 0 Å². The largest absolute Gasteiger partial charge is 0.456 e. The Bertz CT molecular complexity index is 3020. The number of furan rings is 1. The molecule has 0 spiro atoms. The van der Waals surface area contributed by atoms with E-state index in [4.69, 9.17) is 4.42 Å². The zero-order valence-electron chi connectivity index (χ0n) is 29.8. The molecular weight excluding hydrogens is 655 g/mol. The predicted molar refractivity (Wildman–Crippen MR) is 226 cm³/mol. The van der Waals surface area contributed by atoms with Crippen LogP contribution in [0.2, 0.25) is 0 Å². The van der Waals surface area contributed by atoms with Crippen molar-refractivity contribution in [1.29, 1.82) is 0 Å². The minimum atomic E-state index is -0.537. The second-order valence-corrected chi connectivity index (χ2v) is 14.6. The first-order valence-corrected chi connectivity index (χ1v) is 18.7. The molecule has 0 amide bonds. The molecule has 0 N–H and O–H groups in total. The summed E-state index contributed by atoms with van der Waals surface area (Å²) in [6, 6.07) is 70.5. The number of para-hydroxylation sites is 1. The minimum Gasteiger partial charge on any atom is -0.456 e. The van der Waals surface area contributed by atoms with Crippen molar-refractivity contribution in [3.63, 3.8) is 0 Å². The average molecular weight is 690 g/mol. The highest BCUT2D eigenvalue weighted by Crippen LogP contribution is 2.58. The molecule has 0 bridgehead atoms. The highest BCUT2D eigenvalue weighted by atomic mass is 16.3. The molecule has 0 aliphatic heterocycles. The van der Waals surface area contributed by atoms with E-state index in [1.807, 2.05) is 0 Å². The minimum absolute atomic E-state index is 0.537. The smallest absolute Gasteiger partial charge is 0.141 e. The van der Waals surface area contributed by atoms with Crippen molar-refractivity contribution in [1.82, 2.24) is 0 Å². The van der Waals surface area contributed by atoms with Gasteiger partial charge in [-0.15, -0.1) is 0 Å². The topological polar surface area (TPSA) is 16.4 Å². The van der Waals surface area contributed by atoms with Gasteiger partial charge in [0.1, 0.15) is 11.2 Å². The Morgan fingerprint density at radius 3 is 1.74 bits per heavy atom.